The summed E-state index contributed by atoms with van der Waals surface area (Å²) < 4.78 is 4.88. The van der Waals surface area contributed by atoms with Crippen LogP contribution in [-0.2, 0) is 14.1 Å². The summed E-state index contributed by atoms with van der Waals surface area (Å²) >= 11 is 6.47. The number of nitrogens with zero attached hydrogens (tertiary/aromatic N) is 3. The van der Waals surface area contributed by atoms with Crippen LogP contribution in [0.1, 0.15) is 31.7 Å². The quantitative estimate of drug-likeness (QED) is 0.705. The lowest BCUT2D eigenvalue weighted by molar-refractivity contribution is 0.527. The van der Waals surface area contributed by atoms with E-state index in [0.717, 1.165) is 24.1 Å². The van der Waals surface area contributed by atoms with Crippen LogP contribution in [-0.4, -0.2) is 13.7 Å². The van der Waals surface area contributed by atoms with Crippen molar-refractivity contribution >= 4 is 22.5 Å². The van der Waals surface area contributed by atoms with Crippen LogP contribution in [0.4, 0.5) is 0 Å². The van der Waals surface area contributed by atoms with E-state index in [-0.39, 0.29) is 11.2 Å². The lowest BCUT2D eigenvalue weighted by atomic mass is 10.1. The van der Waals surface area contributed by atoms with Gasteiger partial charge in [0.2, 0.25) is 0 Å². The van der Waals surface area contributed by atoms with Gasteiger partial charge < -0.3 is 4.57 Å². The van der Waals surface area contributed by atoms with Gasteiger partial charge in [0.05, 0.1) is 16.6 Å². The first-order valence-electron chi connectivity index (χ1n) is 8.56. The third-order valence-corrected chi connectivity index (χ3v) is 5.64. The van der Waals surface area contributed by atoms with Gasteiger partial charge in [0, 0.05) is 36.9 Å². The summed E-state index contributed by atoms with van der Waals surface area (Å²) in [6, 6.07) is 7.91. The van der Waals surface area contributed by atoms with Gasteiger partial charge in [-0.1, -0.05) is 42.6 Å². The van der Waals surface area contributed by atoms with E-state index in [1.807, 2.05) is 30.5 Å². The van der Waals surface area contributed by atoms with Gasteiger partial charge in [-0.15, -0.1) is 0 Å². The minimum atomic E-state index is -0.313. The Labute approximate surface area is 150 Å². The van der Waals surface area contributed by atoms with E-state index in [1.54, 1.807) is 11.6 Å². The van der Waals surface area contributed by atoms with Gasteiger partial charge >= 0.3 is 5.69 Å². The molecule has 0 saturated heterocycles. The molecular formula is C19H20ClN3O2. The van der Waals surface area contributed by atoms with Crippen LogP contribution in [0.25, 0.3) is 22.2 Å². The monoisotopic (exact) mass is 357 g/mol. The maximum Gasteiger partial charge on any atom is 0.330 e. The van der Waals surface area contributed by atoms with Crippen LogP contribution in [0.2, 0.25) is 5.02 Å². The van der Waals surface area contributed by atoms with Gasteiger partial charge in [0.15, 0.2) is 0 Å². The molecule has 130 valence electrons. The number of fused-ring (bicyclic) bond motifs is 1. The molecule has 2 heterocycles. The second-order valence-electron chi connectivity index (χ2n) is 6.77. The smallest absolute Gasteiger partial charge is 0.330 e. The van der Waals surface area contributed by atoms with Crippen molar-refractivity contribution in [1.82, 2.24) is 13.7 Å². The Kier molecular flexibility index (Phi) is 3.84. The van der Waals surface area contributed by atoms with Crippen LogP contribution in [0, 0.1) is 0 Å². The molecule has 1 aromatic carbocycles. The molecule has 1 aliphatic carbocycles. The van der Waals surface area contributed by atoms with E-state index in [4.69, 9.17) is 11.6 Å². The zero-order chi connectivity index (χ0) is 17.7. The van der Waals surface area contributed by atoms with Crippen molar-refractivity contribution in [2.45, 2.75) is 31.7 Å². The van der Waals surface area contributed by atoms with Gasteiger partial charge in [-0.3, -0.25) is 13.9 Å². The number of hydrogen-bond acceptors (Lipinski definition) is 2. The van der Waals surface area contributed by atoms with Crippen molar-refractivity contribution in [3.63, 3.8) is 0 Å². The Balaban J connectivity index is 2.18. The molecule has 3 aromatic rings. The molecule has 1 fully saturated rings. The Morgan fingerprint density at radius 2 is 1.72 bits per heavy atom. The van der Waals surface area contributed by atoms with Crippen LogP contribution < -0.4 is 11.2 Å². The number of hydrogen-bond donors (Lipinski definition) is 0. The summed E-state index contributed by atoms with van der Waals surface area (Å²) in [6.45, 7) is 0. The van der Waals surface area contributed by atoms with E-state index in [0.29, 0.717) is 22.0 Å². The van der Waals surface area contributed by atoms with E-state index in [1.165, 1.54) is 24.5 Å². The van der Waals surface area contributed by atoms with Gasteiger partial charge in [0.1, 0.15) is 0 Å². The molecule has 1 saturated carbocycles. The number of aryl methyl sites for hydroxylation is 1. The molecule has 6 heteroatoms. The number of halogens is 1. The second-order valence-corrected chi connectivity index (χ2v) is 7.18. The lowest BCUT2D eigenvalue weighted by Gasteiger charge is -2.17. The van der Waals surface area contributed by atoms with E-state index >= 15 is 0 Å². The van der Waals surface area contributed by atoms with Gasteiger partial charge in [0.25, 0.3) is 5.56 Å². The summed E-state index contributed by atoms with van der Waals surface area (Å²) in [5.41, 5.74) is 1.73. The normalized spacial score (nSPS) is 15.3. The van der Waals surface area contributed by atoms with Crippen molar-refractivity contribution in [2.75, 3.05) is 0 Å². The predicted octanol–water partition coefficient (Wildman–Crippen LogP) is 3.47. The number of aromatic nitrogens is 3. The zero-order valence-electron chi connectivity index (χ0n) is 14.3. The topological polar surface area (TPSA) is 48.9 Å². The first-order valence-corrected chi connectivity index (χ1v) is 8.94. The standard InChI is InChI=1S/C19H20ClN3O2/c1-21-15-11-23(12-7-3-4-8-12)17(13-9-5-6-10-14(13)20)16(15)18(24)22(2)19(21)25/h5-6,9-12H,3-4,7-8H2,1-2H3. The Hall–Kier alpha value is -2.27. The summed E-state index contributed by atoms with van der Waals surface area (Å²) in [4.78, 5) is 25.3. The first kappa shape index (κ1) is 16.2. The predicted molar refractivity (Wildman–Crippen MR) is 100 cm³/mol. The fraction of sp³-hybridized carbons (Fsp3) is 0.368. The molecule has 0 unspecified atom stereocenters. The molecule has 5 nitrogen and oxygen atoms in total. The minimum Gasteiger partial charge on any atom is -0.342 e. The Morgan fingerprint density at radius 1 is 1.04 bits per heavy atom. The highest BCUT2D eigenvalue weighted by Crippen LogP contribution is 2.39. The molecule has 25 heavy (non-hydrogen) atoms. The highest BCUT2D eigenvalue weighted by atomic mass is 35.5. The third-order valence-electron chi connectivity index (χ3n) is 5.31. The van der Waals surface area contributed by atoms with Crippen LogP contribution >= 0.6 is 11.6 Å². The molecule has 2 aromatic heterocycles. The van der Waals surface area contributed by atoms with Crippen molar-refractivity contribution in [2.24, 2.45) is 14.1 Å². The number of benzene rings is 1. The Bertz CT molecular complexity index is 1080. The minimum absolute atomic E-state index is 0.273. The molecule has 1 aliphatic rings. The van der Waals surface area contributed by atoms with E-state index < -0.39 is 0 Å². The average molecular weight is 358 g/mol. The maximum absolute atomic E-state index is 12.9. The van der Waals surface area contributed by atoms with Crippen molar-refractivity contribution in [3.8, 4) is 11.3 Å². The fourth-order valence-electron chi connectivity index (χ4n) is 3.96. The second kappa shape index (κ2) is 5.92. The van der Waals surface area contributed by atoms with Gasteiger partial charge in [-0.05, 0) is 18.9 Å². The summed E-state index contributed by atoms with van der Waals surface area (Å²) in [5.74, 6) is 0. The number of rotatable bonds is 2. The Morgan fingerprint density at radius 3 is 2.40 bits per heavy atom. The summed E-state index contributed by atoms with van der Waals surface area (Å²) in [6.07, 6.45) is 6.46. The van der Waals surface area contributed by atoms with Gasteiger partial charge in [-0.2, -0.15) is 0 Å². The molecule has 4 rings (SSSR count). The maximum atomic E-state index is 12.9. The van der Waals surface area contributed by atoms with Crippen LogP contribution in [0.5, 0.6) is 0 Å². The molecule has 0 amide bonds. The zero-order valence-corrected chi connectivity index (χ0v) is 15.1. The van der Waals surface area contributed by atoms with Crippen LogP contribution in [0.15, 0.2) is 40.1 Å². The molecule has 0 bridgehead atoms. The highest BCUT2D eigenvalue weighted by molar-refractivity contribution is 6.33. The summed E-state index contributed by atoms with van der Waals surface area (Å²) in [5, 5.41) is 1.17. The van der Waals surface area contributed by atoms with Crippen LogP contribution in [0.3, 0.4) is 0 Å². The molecular weight excluding hydrogens is 338 g/mol. The van der Waals surface area contributed by atoms with Crippen molar-refractivity contribution in [1.29, 1.82) is 0 Å². The molecule has 0 spiro atoms. The van der Waals surface area contributed by atoms with Crippen molar-refractivity contribution in [3.05, 3.63) is 56.3 Å². The highest BCUT2D eigenvalue weighted by Gasteiger charge is 2.26. The lowest BCUT2D eigenvalue weighted by Crippen LogP contribution is -2.36. The summed E-state index contributed by atoms with van der Waals surface area (Å²) in [7, 11) is 3.23. The van der Waals surface area contributed by atoms with E-state index in [2.05, 4.69) is 4.57 Å². The molecule has 0 radical (unpaired) electrons. The largest absolute Gasteiger partial charge is 0.342 e. The third kappa shape index (κ3) is 2.37. The van der Waals surface area contributed by atoms with Gasteiger partial charge in [-0.25, -0.2) is 4.79 Å². The molecule has 0 aliphatic heterocycles. The SMILES string of the molecule is Cn1c(=O)c2c(-c3ccccc3Cl)n(C3CCCC3)cc2n(C)c1=O. The fourth-order valence-corrected chi connectivity index (χ4v) is 4.18. The van der Waals surface area contributed by atoms with Crippen molar-refractivity contribution < 1.29 is 0 Å². The average Bonchev–Trinajstić information content (AvgIpc) is 3.26. The first-order chi connectivity index (χ1) is 12.0. The molecule has 0 N–H and O–H groups in total. The van der Waals surface area contributed by atoms with E-state index in [9.17, 15) is 9.59 Å². The molecule has 0 atom stereocenters.